The van der Waals surface area contributed by atoms with Gasteiger partial charge in [-0.25, -0.2) is 14.4 Å². The Bertz CT molecular complexity index is 861. The van der Waals surface area contributed by atoms with Crippen molar-refractivity contribution in [1.29, 1.82) is 0 Å². The summed E-state index contributed by atoms with van der Waals surface area (Å²) in [7, 11) is 0. The molecule has 128 valence electrons. The molecule has 3 rings (SSSR count). The molecule has 1 heterocycles. The number of aromatic nitrogens is 2. The highest BCUT2D eigenvalue weighted by molar-refractivity contribution is 5.91. The quantitative estimate of drug-likeness (QED) is 0.725. The highest BCUT2D eigenvalue weighted by Gasteiger charge is 2.14. The molecule has 0 spiro atoms. The van der Waals surface area contributed by atoms with Gasteiger partial charge in [-0.05, 0) is 43.2 Å². The average Bonchev–Trinajstić information content (AvgIpc) is 2.63. The molecule has 3 aromatic rings. The van der Waals surface area contributed by atoms with E-state index in [9.17, 15) is 9.18 Å². The highest BCUT2D eigenvalue weighted by atomic mass is 19.1. The summed E-state index contributed by atoms with van der Waals surface area (Å²) in [6.45, 7) is 2.27. The molecule has 0 radical (unpaired) electrons. The molecule has 5 nitrogen and oxygen atoms in total. The van der Waals surface area contributed by atoms with E-state index in [4.69, 9.17) is 0 Å². The maximum absolute atomic E-state index is 12.9. The fraction of sp³-hybridized carbons (Fsp3) is 0.211. The molecule has 0 aliphatic heterocycles. The molecule has 0 saturated carbocycles. The molecule has 0 fully saturated rings. The van der Waals surface area contributed by atoms with E-state index in [-0.39, 0.29) is 11.7 Å². The van der Waals surface area contributed by atoms with Gasteiger partial charge in [-0.15, -0.1) is 0 Å². The minimum Gasteiger partial charge on any atom is -0.358 e. The van der Waals surface area contributed by atoms with Crippen molar-refractivity contribution in [3.8, 4) is 0 Å². The molecule has 2 N–H and O–H groups in total. The Morgan fingerprint density at radius 3 is 2.68 bits per heavy atom. The van der Waals surface area contributed by atoms with E-state index < -0.39 is 6.04 Å². The second kappa shape index (κ2) is 7.70. The van der Waals surface area contributed by atoms with Crippen molar-refractivity contribution in [3.63, 3.8) is 0 Å². The van der Waals surface area contributed by atoms with Crippen LogP contribution in [0.25, 0.3) is 10.9 Å². The lowest BCUT2D eigenvalue weighted by molar-refractivity contribution is -0.121. The minimum absolute atomic E-state index is 0.121. The number of halogens is 1. The van der Waals surface area contributed by atoms with Crippen molar-refractivity contribution in [1.82, 2.24) is 15.3 Å². The summed E-state index contributed by atoms with van der Waals surface area (Å²) in [5.41, 5.74) is 1.80. The summed E-state index contributed by atoms with van der Waals surface area (Å²) in [5, 5.41) is 6.87. The van der Waals surface area contributed by atoms with Crippen molar-refractivity contribution < 1.29 is 9.18 Å². The van der Waals surface area contributed by atoms with Crippen LogP contribution in [0.15, 0.2) is 54.9 Å². The first kappa shape index (κ1) is 16.8. The molecule has 6 heteroatoms. The van der Waals surface area contributed by atoms with Crippen LogP contribution in [0.1, 0.15) is 12.5 Å². The third-order valence-corrected chi connectivity index (χ3v) is 3.92. The lowest BCUT2D eigenvalue weighted by Gasteiger charge is -2.15. The van der Waals surface area contributed by atoms with E-state index in [0.29, 0.717) is 18.8 Å². The van der Waals surface area contributed by atoms with Gasteiger partial charge in [0.15, 0.2) is 0 Å². The molecule has 2 aromatic carbocycles. The number of amides is 1. The van der Waals surface area contributed by atoms with E-state index >= 15 is 0 Å². The lowest BCUT2D eigenvalue weighted by atomic mass is 10.1. The molecule has 0 saturated heterocycles. The van der Waals surface area contributed by atoms with Gasteiger partial charge in [0.05, 0.1) is 5.52 Å². The fourth-order valence-corrected chi connectivity index (χ4v) is 2.52. The van der Waals surface area contributed by atoms with Gasteiger partial charge in [-0.1, -0.05) is 24.3 Å². The minimum atomic E-state index is -0.438. The molecule has 0 aliphatic rings. The molecule has 0 aliphatic carbocycles. The van der Waals surface area contributed by atoms with Crippen molar-refractivity contribution >= 4 is 22.6 Å². The second-order valence-corrected chi connectivity index (χ2v) is 5.77. The van der Waals surface area contributed by atoms with Gasteiger partial charge < -0.3 is 10.6 Å². The predicted octanol–water partition coefficient (Wildman–Crippen LogP) is 2.93. The van der Waals surface area contributed by atoms with Crippen molar-refractivity contribution in [2.75, 3.05) is 11.9 Å². The molecule has 1 atom stereocenters. The number of hydrogen-bond acceptors (Lipinski definition) is 4. The van der Waals surface area contributed by atoms with Gasteiger partial charge in [0.25, 0.3) is 0 Å². The summed E-state index contributed by atoms with van der Waals surface area (Å²) in [4.78, 5) is 20.7. The van der Waals surface area contributed by atoms with Crippen LogP contribution >= 0.6 is 0 Å². The predicted molar refractivity (Wildman–Crippen MR) is 95.7 cm³/mol. The van der Waals surface area contributed by atoms with Crippen molar-refractivity contribution in [3.05, 3.63) is 66.2 Å². The standard InChI is InChI=1S/C19H19FN4O/c1-13(19(25)21-11-10-14-6-8-15(20)9-7-14)24-18-16-4-2-3-5-17(16)22-12-23-18/h2-9,12-13H,10-11H2,1H3,(H,21,25)(H,22,23,24). The SMILES string of the molecule is CC(Nc1ncnc2ccccc12)C(=O)NCCc1ccc(F)cc1. The van der Waals surface area contributed by atoms with Crippen LogP contribution in [0.3, 0.4) is 0 Å². The molecule has 1 amide bonds. The first-order chi connectivity index (χ1) is 12.1. The zero-order valence-corrected chi connectivity index (χ0v) is 13.9. The molecule has 1 unspecified atom stereocenters. The lowest BCUT2D eigenvalue weighted by Crippen LogP contribution is -2.38. The monoisotopic (exact) mass is 338 g/mol. The maximum atomic E-state index is 12.9. The number of anilines is 1. The van der Waals surface area contributed by atoms with Crippen LogP contribution in [-0.4, -0.2) is 28.5 Å². The number of rotatable bonds is 6. The summed E-state index contributed by atoms with van der Waals surface area (Å²) >= 11 is 0. The number of para-hydroxylation sites is 1. The van der Waals surface area contributed by atoms with E-state index in [0.717, 1.165) is 16.5 Å². The fourth-order valence-electron chi connectivity index (χ4n) is 2.52. The molecule has 25 heavy (non-hydrogen) atoms. The summed E-state index contributed by atoms with van der Waals surface area (Å²) in [6.07, 6.45) is 2.12. The number of hydrogen-bond donors (Lipinski definition) is 2. The average molecular weight is 338 g/mol. The normalized spacial score (nSPS) is 11.9. The Morgan fingerprint density at radius 2 is 1.88 bits per heavy atom. The van der Waals surface area contributed by atoms with Gasteiger partial charge in [0, 0.05) is 11.9 Å². The Kier molecular flexibility index (Phi) is 5.18. The van der Waals surface area contributed by atoms with E-state index in [1.54, 1.807) is 19.1 Å². The van der Waals surface area contributed by atoms with Gasteiger partial charge in [-0.3, -0.25) is 4.79 Å². The summed E-state index contributed by atoms with van der Waals surface area (Å²) in [6, 6.07) is 13.5. The first-order valence-electron chi connectivity index (χ1n) is 8.12. The number of carbonyl (C=O) groups excluding carboxylic acids is 1. The van der Waals surface area contributed by atoms with Gasteiger partial charge in [0.1, 0.15) is 24.0 Å². The molecular formula is C19H19FN4O. The topological polar surface area (TPSA) is 66.9 Å². The number of nitrogens with one attached hydrogen (secondary N) is 2. The zero-order valence-electron chi connectivity index (χ0n) is 13.9. The number of nitrogens with zero attached hydrogens (tertiary/aromatic N) is 2. The Balaban J connectivity index is 1.56. The van der Waals surface area contributed by atoms with E-state index in [1.165, 1.54) is 18.5 Å². The second-order valence-electron chi connectivity index (χ2n) is 5.77. The third-order valence-electron chi connectivity index (χ3n) is 3.92. The van der Waals surface area contributed by atoms with Crippen molar-refractivity contribution in [2.24, 2.45) is 0 Å². The van der Waals surface area contributed by atoms with E-state index in [1.807, 2.05) is 24.3 Å². The first-order valence-corrected chi connectivity index (χ1v) is 8.12. The van der Waals surface area contributed by atoms with Crippen LogP contribution in [-0.2, 0) is 11.2 Å². The zero-order chi connectivity index (χ0) is 17.6. The Labute approximate surface area is 145 Å². The highest BCUT2D eigenvalue weighted by Crippen LogP contribution is 2.18. The van der Waals surface area contributed by atoms with Crippen LogP contribution < -0.4 is 10.6 Å². The Morgan fingerprint density at radius 1 is 1.12 bits per heavy atom. The van der Waals surface area contributed by atoms with Crippen LogP contribution in [0.5, 0.6) is 0 Å². The van der Waals surface area contributed by atoms with Crippen LogP contribution in [0, 0.1) is 5.82 Å². The molecule has 0 bridgehead atoms. The number of fused-ring (bicyclic) bond motifs is 1. The van der Waals surface area contributed by atoms with Crippen molar-refractivity contribution in [2.45, 2.75) is 19.4 Å². The van der Waals surface area contributed by atoms with Crippen LogP contribution in [0.4, 0.5) is 10.2 Å². The smallest absolute Gasteiger partial charge is 0.242 e. The summed E-state index contributed by atoms with van der Waals surface area (Å²) in [5.74, 6) is 0.249. The van der Waals surface area contributed by atoms with Gasteiger partial charge in [-0.2, -0.15) is 0 Å². The van der Waals surface area contributed by atoms with Gasteiger partial charge in [0.2, 0.25) is 5.91 Å². The molecular weight excluding hydrogens is 319 g/mol. The number of carbonyl (C=O) groups is 1. The maximum Gasteiger partial charge on any atom is 0.242 e. The van der Waals surface area contributed by atoms with Gasteiger partial charge >= 0.3 is 0 Å². The van der Waals surface area contributed by atoms with E-state index in [2.05, 4.69) is 20.6 Å². The Hall–Kier alpha value is -3.02. The van der Waals surface area contributed by atoms with Crippen LogP contribution in [0.2, 0.25) is 0 Å². The third kappa shape index (κ3) is 4.29. The largest absolute Gasteiger partial charge is 0.358 e. The number of benzene rings is 2. The molecule has 1 aromatic heterocycles. The summed E-state index contributed by atoms with van der Waals surface area (Å²) < 4.78 is 12.9.